The lowest BCUT2D eigenvalue weighted by Crippen LogP contribution is -2.37. The van der Waals surface area contributed by atoms with Crippen LogP contribution >= 0.6 is 0 Å². The van der Waals surface area contributed by atoms with E-state index in [0.717, 1.165) is 12.8 Å². The molecule has 0 saturated heterocycles. The molecule has 3 nitrogen and oxygen atoms in total. The lowest BCUT2D eigenvalue weighted by Gasteiger charge is -2.37. The highest BCUT2D eigenvalue weighted by Gasteiger charge is 2.32. The lowest BCUT2D eigenvalue weighted by molar-refractivity contribution is -0.153. The maximum Gasteiger partial charge on any atom is 0.320 e. The molecule has 0 heterocycles. The maximum atomic E-state index is 11.9. The third-order valence-corrected chi connectivity index (χ3v) is 4.04. The van der Waals surface area contributed by atoms with E-state index >= 15 is 0 Å². The van der Waals surface area contributed by atoms with Gasteiger partial charge < -0.3 is 10.1 Å². The number of fused-ring (bicyclic) bond motifs is 1. The first-order valence-electron chi connectivity index (χ1n) is 7.74. The summed E-state index contributed by atoms with van der Waals surface area (Å²) in [7, 11) is 0. The van der Waals surface area contributed by atoms with Crippen LogP contribution < -0.4 is 5.32 Å². The predicted octanol–water partition coefficient (Wildman–Crippen LogP) is 3.73. The van der Waals surface area contributed by atoms with E-state index < -0.39 is 5.60 Å². The van der Waals surface area contributed by atoms with E-state index in [0.29, 0.717) is 0 Å². The van der Waals surface area contributed by atoms with Gasteiger partial charge in [-0.1, -0.05) is 38.1 Å². The molecule has 1 aromatic carbocycles. The van der Waals surface area contributed by atoms with Gasteiger partial charge in [-0.15, -0.1) is 0 Å². The fraction of sp³-hybridized carbons (Fsp3) is 0.611. The first-order chi connectivity index (χ1) is 9.69. The van der Waals surface area contributed by atoms with Gasteiger partial charge in [0.05, 0.1) is 6.54 Å². The Morgan fingerprint density at radius 1 is 1.33 bits per heavy atom. The number of carbonyl (C=O) groups is 1. The summed E-state index contributed by atoms with van der Waals surface area (Å²) >= 11 is 0. The molecule has 0 saturated carbocycles. The minimum atomic E-state index is -0.425. The van der Waals surface area contributed by atoms with Crippen molar-refractivity contribution in [1.82, 2.24) is 5.32 Å². The smallest absolute Gasteiger partial charge is 0.320 e. The molecule has 1 atom stereocenters. The first kappa shape index (κ1) is 16.0. The Hall–Kier alpha value is -1.35. The molecule has 0 spiro atoms. The fourth-order valence-electron chi connectivity index (χ4n) is 3.01. The monoisotopic (exact) mass is 289 g/mol. The molecular weight excluding hydrogens is 262 g/mol. The Balaban J connectivity index is 2.04. The summed E-state index contributed by atoms with van der Waals surface area (Å²) < 4.78 is 5.36. The van der Waals surface area contributed by atoms with Crippen molar-refractivity contribution in [3.8, 4) is 0 Å². The van der Waals surface area contributed by atoms with Gasteiger partial charge in [0.25, 0.3) is 0 Å². The third-order valence-electron chi connectivity index (χ3n) is 4.04. The standard InChI is InChI=1S/C18H27NO2/c1-17(2,3)21-16(20)12-19-15-10-11-18(4,5)14-9-7-6-8-13(14)15/h6-9,15,19H,10-12H2,1-5H3. The Labute approximate surface area is 128 Å². The van der Waals surface area contributed by atoms with Crippen molar-refractivity contribution in [3.05, 3.63) is 35.4 Å². The van der Waals surface area contributed by atoms with Crippen LogP contribution in [0.25, 0.3) is 0 Å². The summed E-state index contributed by atoms with van der Waals surface area (Å²) in [5, 5.41) is 3.36. The van der Waals surface area contributed by atoms with E-state index in [4.69, 9.17) is 4.74 Å². The van der Waals surface area contributed by atoms with Crippen LogP contribution in [0.15, 0.2) is 24.3 Å². The number of carbonyl (C=O) groups excluding carboxylic acids is 1. The summed E-state index contributed by atoms with van der Waals surface area (Å²) in [6, 6.07) is 8.78. The zero-order valence-corrected chi connectivity index (χ0v) is 13.8. The quantitative estimate of drug-likeness (QED) is 0.862. The van der Waals surface area contributed by atoms with Crippen LogP contribution in [0.3, 0.4) is 0 Å². The van der Waals surface area contributed by atoms with Crippen molar-refractivity contribution in [2.45, 2.75) is 64.5 Å². The molecule has 2 rings (SSSR count). The lowest BCUT2D eigenvalue weighted by atomic mass is 9.71. The zero-order chi connectivity index (χ0) is 15.7. The van der Waals surface area contributed by atoms with Gasteiger partial charge in [0.15, 0.2) is 0 Å². The highest BCUT2D eigenvalue weighted by atomic mass is 16.6. The molecule has 1 aliphatic carbocycles. The van der Waals surface area contributed by atoms with Crippen molar-refractivity contribution in [3.63, 3.8) is 0 Å². The molecule has 21 heavy (non-hydrogen) atoms. The summed E-state index contributed by atoms with van der Waals surface area (Å²) in [6.07, 6.45) is 2.17. The number of benzene rings is 1. The highest BCUT2D eigenvalue weighted by molar-refractivity contribution is 5.72. The van der Waals surface area contributed by atoms with E-state index in [9.17, 15) is 4.79 Å². The average molecular weight is 289 g/mol. The van der Waals surface area contributed by atoms with Gasteiger partial charge in [0.2, 0.25) is 0 Å². The Morgan fingerprint density at radius 3 is 2.67 bits per heavy atom. The average Bonchev–Trinajstić information content (AvgIpc) is 2.36. The molecule has 0 bridgehead atoms. The van der Waals surface area contributed by atoms with Crippen LogP contribution in [0.5, 0.6) is 0 Å². The molecule has 1 N–H and O–H groups in total. The topological polar surface area (TPSA) is 38.3 Å². The third kappa shape index (κ3) is 4.07. The van der Waals surface area contributed by atoms with Gasteiger partial charge in [0, 0.05) is 6.04 Å². The van der Waals surface area contributed by atoms with Crippen molar-refractivity contribution in [2.24, 2.45) is 0 Å². The molecule has 116 valence electrons. The fourth-order valence-corrected chi connectivity index (χ4v) is 3.01. The normalized spacial score (nSPS) is 20.7. The Bertz CT molecular complexity index is 514. The summed E-state index contributed by atoms with van der Waals surface area (Å²) in [5.41, 5.74) is 2.49. The molecule has 1 aromatic rings. The largest absolute Gasteiger partial charge is 0.459 e. The van der Waals surface area contributed by atoms with Gasteiger partial charge in [0.1, 0.15) is 5.60 Å². The highest BCUT2D eigenvalue weighted by Crippen LogP contribution is 2.41. The van der Waals surface area contributed by atoms with E-state index in [1.54, 1.807) is 0 Å². The maximum absolute atomic E-state index is 11.9. The minimum Gasteiger partial charge on any atom is -0.459 e. The van der Waals surface area contributed by atoms with E-state index in [1.165, 1.54) is 11.1 Å². The molecule has 0 amide bonds. The SMILES string of the molecule is CC(C)(C)OC(=O)CNC1CCC(C)(C)c2ccccc21. The van der Waals surface area contributed by atoms with Gasteiger partial charge in [-0.2, -0.15) is 0 Å². The van der Waals surface area contributed by atoms with Crippen LogP contribution in [0.4, 0.5) is 0 Å². The van der Waals surface area contributed by atoms with Crippen molar-refractivity contribution < 1.29 is 9.53 Å². The van der Waals surface area contributed by atoms with Crippen molar-refractivity contribution in [2.75, 3.05) is 6.54 Å². The van der Waals surface area contributed by atoms with E-state index in [1.807, 2.05) is 20.8 Å². The second-order valence-electron chi connectivity index (χ2n) is 7.53. The first-order valence-corrected chi connectivity index (χ1v) is 7.74. The Morgan fingerprint density at radius 2 is 2.00 bits per heavy atom. The molecule has 3 heteroatoms. The molecule has 1 aliphatic rings. The summed E-state index contributed by atoms with van der Waals surface area (Å²) in [5.74, 6) is -0.190. The number of hydrogen-bond acceptors (Lipinski definition) is 3. The van der Waals surface area contributed by atoms with Crippen LogP contribution in [0.1, 0.15) is 64.6 Å². The molecule has 1 unspecified atom stereocenters. The van der Waals surface area contributed by atoms with Crippen molar-refractivity contribution in [1.29, 1.82) is 0 Å². The summed E-state index contributed by atoms with van der Waals surface area (Å²) in [6.45, 7) is 10.5. The molecule has 0 radical (unpaired) electrons. The second-order valence-corrected chi connectivity index (χ2v) is 7.53. The van der Waals surface area contributed by atoms with Crippen LogP contribution in [0, 0.1) is 0 Å². The van der Waals surface area contributed by atoms with Gasteiger partial charge in [-0.05, 0) is 50.2 Å². The van der Waals surface area contributed by atoms with Crippen LogP contribution in [0.2, 0.25) is 0 Å². The molecular formula is C18H27NO2. The molecule has 0 aliphatic heterocycles. The van der Waals surface area contributed by atoms with Gasteiger partial charge >= 0.3 is 5.97 Å². The summed E-state index contributed by atoms with van der Waals surface area (Å²) in [4.78, 5) is 11.9. The number of nitrogens with one attached hydrogen (secondary N) is 1. The van der Waals surface area contributed by atoms with E-state index in [-0.39, 0.29) is 24.0 Å². The predicted molar refractivity (Wildman–Crippen MR) is 85.3 cm³/mol. The van der Waals surface area contributed by atoms with Gasteiger partial charge in [-0.25, -0.2) is 0 Å². The van der Waals surface area contributed by atoms with Crippen LogP contribution in [-0.2, 0) is 14.9 Å². The molecule has 0 aromatic heterocycles. The molecule has 0 fully saturated rings. The second kappa shape index (κ2) is 5.80. The van der Waals surface area contributed by atoms with Gasteiger partial charge in [-0.3, -0.25) is 4.79 Å². The number of esters is 1. The zero-order valence-electron chi connectivity index (χ0n) is 13.8. The van der Waals surface area contributed by atoms with E-state index in [2.05, 4.69) is 43.4 Å². The number of hydrogen-bond donors (Lipinski definition) is 1. The minimum absolute atomic E-state index is 0.190. The van der Waals surface area contributed by atoms with Crippen LogP contribution in [-0.4, -0.2) is 18.1 Å². The number of ether oxygens (including phenoxy) is 1. The van der Waals surface area contributed by atoms with Crippen molar-refractivity contribution >= 4 is 5.97 Å². The Kier molecular flexibility index (Phi) is 4.43. The number of rotatable bonds is 3.